The van der Waals surface area contributed by atoms with Crippen molar-refractivity contribution in [3.63, 3.8) is 0 Å². The highest BCUT2D eigenvalue weighted by Crippen LogP contribution is 2.24. The van der Waals surface area contributed by atoms with Gasteiger partial charge < -0.3 is 9.30 Å². The van der Waals surface area contributed by atoms with Crippen LogP contribution in [0.5, 0.6) is 5.75 Å². The zero-order chi connectivity index (χ0) is 17.8. The molecule has 1 amide bonds. The summed E-state index contributed by atoms with van der Waals surface area (Å²) in [5.74, 6) is 0.222. The molecule has 5 heteroatoms. The van der Waals surface area contributed by atoms with Gasteiger partial charge in [0, 0.05) is 28.7 Å². The lowest BCUT2D eigenvalue weighted by atomic mass is 10.1. The van der Waals surface area contributed by atoms with Crippen LogP contribution in [0.4, 0.5) is 0 Å². The molecule has 0 aliphatic rings. The second-order valence-electron chi connectivity index (χ2n) is 5.66. The van der Waals surface area contributed by atoms with E-state index < -0.39 is 0 Å². The van der Waals surface area contributed by atoms with Gasteiger partial charge in [0.05, 0.1) is 18.9 Å². The number of ether oxygens (including phenoxy) is 1. The molecule has 1 N–H and O–H groups in total. The molecule has 0 atom stereocenters. The van der Waals surface area contributed by atoms with Crippen LogP contribution in [0.3, 0.4) is 0 Å². The quantitative estimate of drug-likeness (QED) is 0.570. The van der Waals surface area contributed by atoms with E-state index in [1.54, 1.807) is 31.5 Å². The average molecular weight is 335 g/mol. The van der Waals surface area contributed by atoms with Crippen LogP contribution in [-0.4, -0.2) is 23.8 Å². The van der Waals surface area contributed by atoms with Gasteiger partial charge in [-0.2, -0.15) is 5.10 Å². The second kappa shape index (κ2) is 7.21. The number of aryl methyl sites for hydroxylation is 1. The Kier molecular flexibility index (Phi) is 4.84. The highest BCUT2D eigenvalue weighted by Gasteiger charge is 2.12. The van der Waals surface area contributed by atoms with Crippen molar-refractivity contribution in [2.75, 3.05) is 7.11 Å². The summed E-state index contributed by atoms with van der Waals surface area (Å²) in [7, 11) is 1.54. The van der Waals surface area contributed by atoms with Crippen molar-refractivity contribution in [2.45, 2.75) is 20.4 Å². The topological polar surface area (TPSA) is 55.6 Å². The van der Waals surface area contributed by atoms with Crippen LogP contribution >= 0.6 is 0 Å². The maximum absolute atomic E-state index is 12.3. The molecule has 0 fully saturated rings. The van der Waals surface area contributed by atoms with Crippen molar-refractivity contribution >= 4 is 23.0 Å². The van der Waals surface area contributed by atoms with Crippen molar-refractivity contribution in [1.29, 1.82) is 0 Å². The van der Waals surface area contributed by atoms with Crippen molar-refractivity contribution in [2.24, 2.45) is 5.10 Å². The maximum atomic E-state index is 12.3. The summed E-state index contributed by atoms with van der Waals surface area (Å²) < 4.78 is 7.44. The molecule has 25 heavy (non-hydrogen) atoms. The summed E-state index contributed by atoms with van der Waals surface area (Å²) in [6, 6.07) is 15.3. The zero-order valence-corrected chi connectivity index (χ0v) is 14.6. The first-order chi connectivity index (χ1) is 12.2. The summed E-state index contributed by atoms with van der Waals surface area (Å²) >= 11 is 0. The molecule has 3 rings (SSSR count). The molecule has 1 heterocycles. The van der Waals surface area contributed by atoms with Crippen molar-refractivity contribution in [3.05, 3.63) is 65.4 Å². The van der Waals surface area contributed by atoms with Gasteiger partial charge in [0.25, 0.3) is 5.91 Å². The van der Waals surface area contributed by atoms with Gasteiger partial charge in [-0.1, -0.05) is 30.3 Å². The predicted octanol–water partition coefficient (Wildman–Crippen LogP) is 3.74. The lowest BCUT2D eigenvalue weighted by molar-refractivity contribution is 0.0952. The van der Waals surface area contributed by atoms with Crippen LogP contribution in [-0.2, 0) is 6.54 Å². The van der Waals surface area contributed by atoms with Gasteiger partial charge in [-0.25, -0.2) is 5.43 Å². The Balaban J connectivity index is 1.87. The molecular weight excluding hydrogens is 314 g/mol. The first-order valence-electron chi connectivity index (χ1n) is 8.21. The number of hydrazone groups is 1. The molecule has 0 unspecified atom stereocenters. The molecule has 0 bridgehead atoms. The zero-order valence-electron chi connectivity index (χ0n) is 14.6. The van der Waals surface area contributed by atoms with E-state index in [9.17, 15) is 4.79 Å². The van der Waals surface area contributed by atoms with E-state index in [1.807, 2.05) is 18.2 Å². The Morgan fingerprint density at radius 2 is 1.92 bits per heavy atom. The number of rotatable bonds is 5. The van der Waals surface area contributed by atoms with Gasteiger partial charge in [0.15, 0.2) is 0 Å². The number of para-hydroxylation sites is 2. The number of methoxy groups -OCH3 is 1. The number of aromatic nitrogens is 1. The molecular formula is C20H21N3O2. The van der Waals surface area contributed by atoms with Gasteiger partial charge in [0.2, 0.25) is 0 Å². The molecule has 2 aromatic carbocycles. The molecule has 128 valence electrons. The van der Waals surface area contributed by atoms with E-state index in [0.717, 1.165) is 23.2 Å². The van der Waals surface area contributed by atoms with E-state index in [2.05, 4.69) is 41.1 Å². The Morgan fingerprint density at radius 1 is 1.20 bits per heavy atom. The summed E-state index contributed by atoms with van der Waals surface area (Å²) in [6.07, 6.45) is 1.71. The third kappa shape index (κ3) is 3.13. The van der Waals surface area contributed by atoms with E-state index in [4.69, 9.17) is 4.74 Å². The fraction of sp³-hybridized carbons (Fsp3) is 0.200. The minimum Gasteiger partial charge on any atom is -0.496 e. The molecule has 1 aromatic heterocycles. The minimum absolute atomic E-state index is 0.300. The first kappa shape index (κ1) is 16.8. The van der Waals surface area contributed by atoms with Crippen molar-refractivity contribution in [1.82, 2.24) is 9.99 Å². The first-order valence-corrected chi connectivity index (χ1v) is 8.21. The number of fused-ring (bicyclic) bond motifs is 1. The standard InChI is InChI=1S/C20H21N3O2/c1-4-23-14(2)17(15-9-5-7-11-18(15)23)13-21-22-20(24)16-10-6-8-12-19(16)25-3/h5-13H,4H2,1-3H3,(H,22,24)/b21-13-. The SMILES string of the molecule is CCn1c(C)c(/C=N\NC(=O)c2ccccc2OC)c2ccccc21. The molecule has 5 nitrogen and oxygen atoms in total. The van der Waals surface area contributed by atoms with E-state index in [1.165, 1.54) is 5.52 Å². The number of carbonyl (C=O) groups excluding carboxylic acids is 1. The largest absolute Gasteiger partial charge is 0.496 e. The third-order valence-corrected chi connectivity index (χ3v) is 4.31. The normalized spacial score (nSPS) is 11.2. The lowest BCUT2D eigenvalue weighted by Crippen LogP contribution is -2.18. The van der Waals surface area contributed by atoms with Crippen LogP contribution in [0.2, 0.25) is 0 Å². The molecule has 0 aliphatic carbocycles. The molecule has 0 radical (unpaired) electrons. The highest BCUT2D eigenvalue weighted by molar-refractivity contribution is 6.02. The number of carbonyl (C=O) groups is 1. The number of nitrogens with one attached hydrogen (secondary N) is 1. The molecule has 0 aliphatic heterocycles. The van der Waals surface area contributed by atoms with Gasteiger partial charge in [-0.05, 0) is 32.0 Å². The number of hydrogen-bond donors (Lipinski definition) is 1. The van der Waals surface area contributed by atoms with E-state index >= 15 is 0 Å². The summed E-state index contributed by atoms with van der Waals surface area (Å²) in [5, 5.41) is 5.28. The number of nitrogens with zero attached hydrogens (tertiary/aromatic N) is 2. The Morgan fingerprint density at radius 3 is 2.68 bits per heavy atom. The van der Waals surface area contributed by atoms with Gasteiger partial charge in [-0.3, -0.25) is 4.79 Å². The van der Waals surface area contributed by atoms with E-state index in [0.29, 0.717) is 11.3 Å². The number of amides is 1. The van der Waals surface area contributed by atoms with E-state index in [-0.39, 0.29) is 5.91 Å². The number of hydrogen-bond acceptors (Lipinski definition) is 3. The molecule has 3 aromatic rings. The minimum atomic E-state index is -0.300. The fourth-order valence-corrected chi connectivity index (χ4v) is 3.08. The van der Waals surface area contributed by atoms with Gasteiger partial charge >= 0.3 is 0 Å². The van der Waals surface area contributed by atoms with Crippen molar-refractivity contribution in [3.8, 4) is 5.75 Å². The summed E-state index contributed by atoms with van der Waals surface area (Å²) in [6.45, 7) is 5.06. The van der Waals surface area contributed by atoms with Crippen LogP contribution < -0.4 is 10.2 Å². The lowest BCUT2D eigenvalue weighted by Gasteiger charge is -2.06. The predicted molar refractivity (Wildman–Crippen MR) is 100 cm³/mol. The second-order valence-corrected chi connectivity index (χ2v) is 5.66. The third-order valence-electron chi connectivity index (χ3n) is 4.31. The highest BCUT2D eigenvalue weighted by atomic mass is 16.5. The number of benzene rings is 2. The van der Waals surface area contributed by atoms with Crippen LogP contribution in [0.1, 0.15) is 28.5 Å². The Hall–Kier alpha value is -3.08. The molecule has 0 spiro atoms. The Labute approximate surface area is 146 Å². The maximum Gasteiger partial charge on any atom is 0.275 e. The van der Waals surface area contributed by atoms with Crippen LogP contribution in [0, 0.1) is 6.92 Å². The summed E-state index contributed by atoms with van der Waals surface area (Å²) in [5.41, 5.74) is 6.34. The fourth-order valence-electron chi connectivity index (χ4n) is 3.08. The Bertz CT molecular complexity index is 941. The molecule has 0 saturated carbocycles. The average Bonchev–Trinajstić information content (AvgIpc) is 2.92. The van der Waals surface area contributed by atoms with Gasteiger partial charge in [-0.15, -0.1) is 0 Å². The smallest absolute Gasteiger partial charge is 0.275 e. The van der Waals surface area contributed by atoms with Crippen molar-refractivity contribution < 1.29 is 9.53 Å². The monoisotopic (exact) mass is 335 g/mol. The summed E-state index contributed by atoms with van der Waals surface area (Å²) in [4.78, 5) is 12.3. The van der Waals surface area contributed by atoms with Crippen LogP contribution in [0.15, 0.2) is 53.6 Å². The van der Waals surface area contributed by atoms with Crippen LogP contribution in [0.25, 0.3) is 10.9 Å². The molecule has 0 saturated heterocycles. The van der Waals surface area contributed by atoms with Gasteiger partial charge in [0.1, 0.15) is 5.75 Å².